The fourth-order valence-corrected chi connectivity index (χ4v) is 3.25. The number of nitrogens with one attached hydrogen (secondary N) is 1. The molecule has 1 unspecified atom stereocenters. The Morgan fingerprint density at radius 1 is 0.970 bits per heavy atom. The Hall–Kier alpha value is -3.07. The SMILES string of the molecule is CCC(C(=O)O)N(Cc1ccc(NC(=O)OC(C)(C)C)cc1)Cc1ccc(C(F)(F)F)cc1. The van der Waals surface area contributed by atoms with Crippen LogP contribution in [0.2, 0.25) is 0 Å². The van der Waals surface area contributed by atoms with E-state index in [1.807, 2.05) is 0 Å². The molecule has 0 fully saturated rings. The van der Waals surface area contributed by atoms with Gasteiger partial charge in [0.2, 0.25) is 0 Å². The van der Waals surface area contributed by atoms with Crippen LogP contribution >= 0.6 is 0 Å². The van der Waals surface area contributed by atoms with Crippen molar-refractivity contribution in [1.82, 2.24) is 4.90 Å². The number of carboxylic acid groups (broad SMARTS) is 1. The topological polar surface area (TPSA) is 78.9 Å². The summed E-state index contributed by atoms with van der Waals surface area (Å²) in [7, 11) is 0. The molecule has 6 nitrogen and oxygen atoms in total. The highest BCUT2D eigenvalue weighted by Gasteiger charge is 2.30. The third kappa shape index (κ3) is 8.42. The summed E-state index contributed by atoms with van der Waals surface area (Å²) < 4.78 is 43.7. The minimum Gasteiger partial charge on any atom is -0.480 e. The third-order valence-electron chi connectivity index (χ3n) is 4.76. The van der Waals surface area contributed by atoms with Gasteiger partial charge in [0.05, 0.1) is 5.56 Å². The van der Waals surface area contributed by atoms with Crippen molar-refractivity contribution in [2.24, 2.45) is 0 Å². The Bertz CT molecular complexity index is 936. The second-order valence-electron chi connectivity index (χ2n) is 8.69. The lowest BCUT2D eigenvalue weighted by molar-refractivity contribution is -0.144. The molecule has 0 radical (unpaired) electrons. The second-order valence-corrected chi connectivity index (χ2v) is 8.69. The molecule has 33 heavy (non-hydrogen) atoms. The van der Waals surface area contributed by atoms with E-state index in [2.05, 4.69) is 5.32 Å². The quantitative estimate of drug-likeness (QED) is 0.505. The Balaban J connectivity index is 2.15. The van der Waals surface area contributed by atoms with Crippen molar-refractivity contribution >= 4 is 17.7 Å². The summed E-state index contributed by atoms with van der Waals surface area (Å²) in [6.07, 6.45) is -4.69. The molecule has 0 saturated carbocycles. The van der Waals surface area contributed by atoms with Gasteiger partial charge in [-0.25, -0.2) is 4.79 Å². The van der Waals surface area contributed by atoms with E-state index in [-0.39, 0.29) is 13.1 Å². The molecule has 0 spiro atoms. The summed E-state index contributed by atoms with van der Waals surface area (Å²) in [4.78, 5) is 25.4. The third-order valence-corrected chi connectivity index (χ3v) is 4.76. The van der Waals surface area contributed by atoms with Gasteiger partial charge >= 0.3 is 18.2 Å². The van der Waals surface area contributed by atoms with Crippen molar-refractivity contribution < 1.29 is 32.6 Å². The lowest BCUT2D eigenvalue weighted by atomic mass is 10.1. The molecular weight excluding hydrogens is 437 g/mol. The first-order valence-electron chi connectivity index (χ1n) is 10.5. The van der Waals surface area contributed by atoms with Crippen LogP contribution in [0.5, 0.6) is 0 Å². The van der Waals surface area contributed by atoms with Gasteiger partial charge in [-0.05, 0) is 62.6 Å². The largest absolute Gasteiger partial charge is 0.480 e. The highest BCUT2D eigenvalue weighted by atomic mass is 19.4. The summed E-state index contributed by atoms with van der Waals surface area (Å²) in [6, 6.07) is 10.7. The van der Waals surface area contributed by atoms with E-state index in [0.717, 1.165) is 17.7 Å². The average Bonchev–Trinajstić information content (AvgIpc) is 2.68. The molecule has 0 saturated heterocycles. The number of amides is 1. The summed E-state index contributed by atoms with van der Waals surface area (Å²) >= 11 is 0. The number of anilines is 1. The number of carboxylic acids is 1. The molecule has 2 aromatic rings. The number of halogens is 3. The maximum atomic E-state index is 12.8. The predicted octanol–water partition coefficient (Wildman–Crippen LogP) is 5.92. The number of hydrogen-bond donors (Lipinski definition) is 2. The number of ether oxygens (including phenoxy) is 1. The molecular formula is C24H29F3N2O4. The number of alkyl halides is 3. The Morgan fingerprint density at radius 3 is 1.85 bits per heavy atom. The second kappa shape index (κ2) is 10.7. The number of benzene rings is 2. The van der Waals surface area contributed by atoms with Gasteiger partial charge in [0.25, 0.3) is 0 Å². The maximum Gasteiger partial charge on any atom is 0.416 e. The van der Waals surface area contributed by atoms with Gasteiger partial charge in [0, 0.05) is 18.8 Å². The highest BCUT2D eigenvalue weighted by molar-refractivity contribution is 5.84. The van der Waals surface area contributed by atoms with Gasteiger partial charge in [0.1, 0.15) is 11.6 Å². The number of carbonyl (C=O) groups is 2. The molecule has 2 N–H and O–H groups in total. The number of rotatable bonds is 8. The van der Waals surface area contributed by atoms with Crippen molar-refractivity contribution in [3.63, 3.8) is 0 Å². The summed E-state index contributed by atoms with van der Waals surface area (Å²) in [5.74, 6) is -1.01. The maximum absolute atomic E-state index is 12.8. The molecule has 0 heterocycles. The van der Waals surface area contributed by atoms with Crippen LogP contribution in [0.25, 0.3) is 0 Å². The standard InChI is InChI=1S/C24H29F3N2O4/c1-5-20(21(30)31)29(14-16-6-10-18(11-7-16)24(25,26)27)15-17-8-12-19(13-9-17)28-22(32)33-23(2,3)4/h6-13,20H,5,14-15H2,1-4H3,(H,28,32)(H,30,31). The van der Waals surface area contributed by atoms with E-state index < -0.39 is 35.4 Å². The molecule has 0 aliphatic carbocycles. The lowest BCUT2D eigenvalue weighted by Gasteiger charge is -2.28. The molecule has 0 aliphatic rings. The summed E-state index contributed by atoms with van der Waals surface area (Å²) in [5.41, 5.74) is 0.500. The summed E-state index contributed by atoms with van der Waals surface area (Å²) in [5, 5.41) is 12.3. The molecule has 2 rings (SSSR count). The van der Waals surface area contributed by atoms with Crippen molar-refractivity contribution in [3.8, 4) is 0 Å². The first-order chi connectivity index (χ1) is 15.3. The molecule has 2 aromatic carbocycles. The van der Waals surface area contributed by atoms with Crippen LogP contribution in [0.4, 0.5) is 23.7 Å². The van der Waals surface area contributed by atoms with Crippen LogP contribution < -0.4 is 5.32 Å². The zero-order valence-corrected chi connectivity index (χ0v) is 19.1. The van der Waals surface area contributed by atoms with Crippen LogP contribution in [0.1, 0.15) is 50.8 Å². The van der Waals surface area contributed by atoms with Gasteiger partial charge in [0.15, 0.2) is 0 Å². The Kier molecular flexibility index (Phi) is 8.49. The van der Waals surface area contributed by atoms with E-state index in [0.29, 0.717) is 17.7 Å². The molecule has 0 bridgehead atoms. The minimum atomic E-state index is -4.43. The molecule has 9 heteroatoms. The molecule has 0 aromatic heterocycles. The number of aliphatic carboxylic acids is 1. The van der Waals surface area contributed by atoms with Crippen molar-refractivity contribution in [2.75, 3.05) is 5.32 Å². The number of nitrogens with zero attached hydrogens (tertiary/aromatic N) is 1. The fraction of sp³-hybridized carbons (Fsp3) is 0.417. The van der Waals surface area contributed by atoms with Crippen LogP contribution in [0.3, 0.4) is 0 Å². The fourth-order valence-electron chi connectivity index (χ4n) is 3.25. The van der Waals surface area contributed by atoms with Crippen LogP contribution in [0, 0.1) is 0 Å². The normalized spacial score (nSPS) is 13.0. The lowest BCUT2D eigenvalue weighted by Crippen LogP contribution is -2.39. The predicted molar refractivity (Wildman–Crippen MR) is 119 cm³/mol. The average molecular weight is 467 g/mol. The zero-order chi connectivity index (χ0) is 24.8. The Labute approximate surface area is 191 Å². The summed E-state index contributed by atoms with van der Waals surface area (Å²) in [6.45, 7) is 7.44. The Morgan fingerprint density at radius 2 is 1.45 bits per heavy atom. The van der Waals surface area contributed by atoms with Gasteiger partial charge in [-0.3, -0.25) is 15.0 Å². The van der Waals surface area contributed by atoms with E-state index in [1.54, 1.807) is 56.9 Å². The molecule has 1 amide bonds. The van der Waals surface area contributed by atoms with Gasteiger partial charge < -0.3 is 9.84 Å². The van der Waals surface area contributed by atoms with E-state index in [4.69, 9.17) is 4.74 Å². The molecule has 0 aliphatic heterocycles. The van der Waals surface area contributed by atoms with E-state index >= 15 is 0 Å². The van der Waals surface area contributed by atoms with Crippen molar-refractivity contribution in [1.29, 1.82) is 0 Å². The van der Waals surface area contributed by atoms with Crippen molar-refractivity contribution in [2.45, 2.75) is 65.0 Å². The minimum absolute atomic E-state index is 0.168. The highest BCUT2D eigenvalue weighted by Crippen LogP contribution is 2.29. The number of hydrogen-bond acceptors (Lipinski definition) is 4. The van der Waals surface area contributed by atoms with E-state index in [9.17, 15) is 27.9 Å². The van der Waals surface area contributed by atoms with E-state index in [1.165, 1.54) is 12.1 Å². The first-order valence-corrected chi connectivity index (χ1v) is 10.5. The number of carbonyl (C=O) groups excluding carboxylic acids is 1. The van der Waals surface area contributed by atoms with Crippen LogP contribution in [-0.4, -0.2) is 33.7 Å². The molecule has 1 atom stereocenters. The van der Waals surface area contributed by atoms with Crippen LogP contribution in [0.15, 0.2) is 48.5 Å². The van der Waals surface area contributed by atoms with Gasteiger partial charge in [-0.1, -0.05) is 31.2 Å². The zero-order valence-electron chi connectivity index (χ0n) is 19.1. The monoisotopic (exact) mass is 466 g/mol. The van der Waals surface area contributed by atoms with Gasteiger partial charge in [-0.15, -0.1) is 0 Å². The van der Waals surface area contributed by atoms with Crippen LogP contribution in [-0.2, 0) is 28.8 Å². The molecule has 180 valence electrons. The van der Waals surface area contributed by atoms with Crippen molar-refractivity contribution in [3.05, 3.63) is 65.2 Å². The smallest absolute Gasteiger partial charge is 0.416 e. The van der Waals surface area contributed by atoms with Gasteiger partial charge in [-0.2, -0.15) is 13.2 Å². The first kappa shape index (κ1) is 26.2.